The molecule has 11 nitrogen and oxygen atoms in total. The Bertz CT molecular complexity index is 2670. The van der Waals surface area contributed by atoms with Crippen LogP contribution < -0.4 is 9.47 Å². The van der Waals surface area contributed by atoms with Crippen LogP contribution in [0.4, 0.5) is 0 Å². The summed E-state index contributed by atoms with van der Waals surface area (Å²) in [6.07, 6.45) is 6.08. The average molecular weight is 816 g/mol. The number of carbonyl (C=O) groups excluding carboxylic acids is 1. The van der Waals surface area contributed by atoms with Crippen LogP contribution in [0.2, 0.25) is 5.02 Å². The van der Waals surface area contributed by atoms with E-state index < -0.39 is 0 Å². The number of nitrogens with zero attached hydrogens (tertiary/aromatic N) is 7. The van der Waals surface area contributed by atoms with Gasteiger partial charge in [0, 0.05) is 90.4 Å². The Morgan fingerprint density at radius 2 is 1.81 bits per heavy atom. The van der Waals surface area contributed by atoms with Crippen molar-refractivity contribution in [2.45, 2.75) is 68.9 Å². The van der Waals surface area contributed by atoms with Crippen LogP contribution in [0.3, 0.4) is 0 Å². The molecule has 0 unspecified atom stereocenters. The van der Waals surface area contributed by atoms with Crippen molar-refractivity contribution < 1.29 is 19.0 Å². The molecule has 2 aliphatic heterocycles. The number of esters is 1. The summed E-state index contributed by atoms with van der Waals surface area (Å²) in [6, 6.07) is 22.8. The standard InChI is InChI=1S/C45H46ClN7O4S/c1-50-43-35-16-17-36(46)40(43)41-37(49-53-19-6-5-11-38(41)53)26-52(24-28-12-14-32(55-3)15-13-28)25-30-22-31(51(2)48-30)27-58-33-21-29-9-7-18-47-42(29)39(23-33)57-20-8-10-34(35)44(50)45(54)56-4/h7,9,12-18,21-23H,5-6,8,10-11,19-20,24-27H2,1-4H3. The highest BCUT2D eigenvalue weighted by Crippen LogP contribution is 2.44. The molecule has 0 saturated carbocycles. The molecular weight excluding hydrogens is 770 g/mol. The summed E-state index contributed by atoms with van der Waals surface area (Å²) in [6.45, 7) is 3.10. The van der Waals surface area contributed by atoms with Gasteiger partial charge in [0.1, 0.15) is 22.7 Å². The average Bonchev–Trinajstić information content (AvgIpc) is 3.87. The molecule has 3 aromatic carbocycles. The lowest BCUT2D eigenvalue weighted by atomic mass is 9.95. The zero-order valence-electron chi connectivity index (χ0n) is 33.3. The van der Waals surface area contributed by atoms with Gasteiger partial charge in [0.15, 0.2) is 0 Å². The van der Waals surface area contributed by atoms with E-state index in [1.807, 2.05) is 53.7 Å². The fraction of sp³-hybridized carbons (Fsp3) is 0.333. The molecule has 7 aromatic rings. The van der Waals surface area contributed by atoms with Crippen LogP contribution in [0.5, 0.6) is 11.5 Å². The molecule has 0 radical (unpaired) electrons. The summed E-state index contributed by atoms with van der Waals surface area (Å²) >= 11 is 9.09. The highest BCUT2D eigenvalue weighted by Gasteiger charge is 2.30. The van der Waals surface area contributed by atoms with Gasteiger partial charge in [-0.05, 0) is 85.7 Å². The van der Waals surface area contributed by atoms with E-state index in [2.05, 4.69) is 51.0 Å². The van der Waals surface area contributed by atoms with Gasteiger partial charge in [-0.25, -0.2) is 4.79 Å². The van der Waals surface area contributed by atoms with Crippen molar-refractivity contribution in [2.24, 2.45) is 14.1 Å². The maximum Gasteiger partial charge on any atom is 0.354 e. The summed E-state index contributed by atoms with van der Waals surface area (Å²) in [5, 5.41) is 13.0. The highest BCUT2D eigenvalue weighted by atomic mass is 35.5. The number of benzene rings is 3. The van der Waals surface area contributed by atoms with Crippen LogP contribution in [0.1, 0.15) is 63.7 Å². The Kier molecular flexibility index (Phi) is 10.6. The van der Waals surface area contributed by atoms with Gasteiger partial charge in [0.2, 0.25) is 0 Å². The lowest BCUT2D eigenvalue weighted by Crippen LogP contribution is -2.23. The number of hydrogen-bond acceptors (Lipinski definition) is 9. The Balaban J connectivity index is 1.22. The Hall–Kier alpha value is -5.30. The Labute approximate surface area is 346 Å². The van der Waals surface area contributed by atoms with Crippen molar-refractivity contribution in [3.8, 4) is 22.6 Å². The molecule has 0 atom stereocenters. The van der Waals surface area contributed by atoms with Crippen molar-refractivity contribution in [1.82, 2.24) is 34.0 Å². The highest BCUT2D eigenvalue weighted by molar-refractivity contribution is 7.98. The predicted molar refractivity (Wildman–Crippen MR) is 228 cm³/mol. The zero-order valence-corrected chi connectivity index (χ0v) is 34.8. The van der Waals surface area contributed by atoms with Crippen molar-refractivity contribution in [1.29, 1.82) is 0 Å². The fourth-order valence-corrected chi connectivity index (χ4v) is 9.92. The number of rotatable bonds is 4. The van der Waals surface area contributed by atoms with Gasteiger partial charge < -0.3 is 18.8 Å². The monoisotopic (exact) mass is 815 g/mol. The smallest absolute Gasteiger partial charge is 0.354 e. The van der Waals surface area contributed by atoms with Crippen molar-refractivity contribution >= 4 is 51.1 Å². The van der Waals surface area contributed by atoms with E-state index in [9.17, 15) is 4.79 Å². The molecule has 13 heteroatoms. The summed E-state index contributed by atoms with van der Waals surface area (Å²) < 4.78 is 23.6. The molecule has 4 aromatic heterocycles. The van der Waals surface area contributed by atoms with Gasteiger partial charge in [-0.1, -0.05) is 35.9 Å². The largest absolute Gasteiger partial charge is 0.497 e. The van der Waals surface area contributed by atoms with E-state index in [1.165, 1.54) is 12.8 Å². The third kappa shape index (κ3) is 7.22. The van der Waals surface area contributed by atoms with Gasteiger partial charge in [-0.15, -0.1) is 11.8 Å². The Morgan fingerprint density at radius 3 is 2.64 bits per heavy atom. The van der Waals surface area contributed by atoms with E-state index in [0.29, 0.717) is 49.8 Å². The van der Waals surface area contributed by atoms with Crippen LogP contribution in [0, 0.1) is 0 Å². The number of halogens is 1. The van der Waals surface area contributed by atoms with E-state index in [4.69, 9.17) is 36.0 Å². The molecule has 8 bridgehead atoms. The predicted octanol–water partition coefficient (Wildman–Crippen LogP) is 8.93. The normalized spacial score (nSPS) is 15.1. The maximum atomic E-state index is 13.7. The first-order chi connectivity index (χ1) is 28.3. The first-order valence-electron chi connectivity index (χ1n) is 19.8. The fourth-order valence-electron chi connectivity index (χ4n) is 8.69. The molecule has 6 heterocycles. The van der Waals surface area contributed by atoms with E-state index in [0.717, 1.165) is 109 Å². The quantitative estimate of drug-likeness (QED) is 0.161. The lowest BCUT2D eigenvalue weighted by Gasteiger charge is -2.22. The Morgan fingerprint density at radius 1 is 0.948 bits per heavy atom. The summed E-state index contributed by atoms with van der Waals surface area (Å²) in [7, 11) is 7.09. The van der Waals surface area contributed by atoms with E-state index >= 15 is 0 Å². The van der Waals surface area contributed by atoms with Crippen LogP contribution in [-0.4, -0.2) is 60.8 Å². The number of ether oxygens (including phenoxy) is 3. The second-order valence-corrected chi connectivity index (χ2v) is 16.6. The molecule has 0 amide bonds. The number of methoxy groups -OCH3 is 2. The molecule has 0 fully saturated rings. The van der Waals surface area contributed by atoms with Crippen molar-refractivity contribution in [3.63, 3.8) is 0 Å². The second-order valence-electron chi connectivity index (χ2n) is 15.1. The molecule has 0 aliphatic carbocycles. The minimum absolute atomic E-state index is 0.385. The van der Waals surface area contributed by atoms with E-state index in [-0.39, 0.29) is 5.97 Å². The third-order valence-electron chi connectivity index (χ3n) is 11.4. The first-order valence-corrected chi connectivity index (χ1v) is 21.1. The van der Waals surface area contributed by atoms with Crippen molar-refractivity contribution in [3.05, 3.63) is 118 Å². The van der Waals surface area contributed by atoms with Crippen LogP contribution in [-0.2, 0) is 63.6 Å². The number of aromatic nitrogens is 6. The molecule has 0 N–H and O–H groups in total. The van der Waals surface area contributed by atoms with Crippen LogP contribution >= 0.6 is 23.4 Å². The third-order valence-corrected chi connectivity index (χ3v) is 12.7. The molecule has 0 spiro atoms. The lowest BCUT2D eigenvalue weighted by molar-refractivity contribution is 0.0589. The van der Waals surface area contributed by atoms with Gasteiger partial charge in [-0.3, -0.25) is 19.2 Å². The molecule has 0 saturated heterocycles. The van der Waals surface area contributed by atoms with Crippen molar-refractivity contribution in [2.75, 3.05) is 20.8 Å². The minimum Gasteiger partial charge on any atom is -0.497 e. The van der Waals surface area contributed by atoms with Gasteiger partial charge in [0.05, 0.1) is 42.8 Å². The second kappa shape index (κ2) is 16.2. The maximum absolute atomic E-state index is 13.7. The zero-order chi connectivity index (χ0) is 39.9. The van der Waals surface area contributed by atoms with Crippen LogP contribution in [0.15, 0.2) is 77.8 Å². The van der Waals surface area contributed by atoms with E-state index in [1.54, 1.807) is 25.1 Å². The SMILES string of the molecule is COC(=O)c1c2c3ccc(Cl)c(c3n1C)-c1c(nn3c1CCCC3)CN(Cc1ccc(OC)cc1)Cc1cc(n(C)n1)CSc1cc(c3ncccc3c1)OCCC2. The summed E-state index contributed by atoms with van der Waals surface area (Å²) in [5.74, 6) is 1.91. The number of fused-ring (bicyclic) bond motifs is 10. The van der Waals surface area contributed by atoms with Gasteiger partial charge in [-0.2, -0.15) is 10.2 Å². The number of pyridine rings is 1. The van der Waals surface area contributed by atoms with Gasteiger partial charge in [0.25, 0.3) is 0 Å². The van der Waals surface area contributed by atoms with Gasteiger partial charge >= 0.3 is 5.97 Å². The number of carbonyl (C=O) groups is 1. The summed E-state index contributed by atoms with van der Waals surface area (Å²) in [5.41, 5.74) is 10.5. The number of thioether (sulfide) groups is 1. The summed E-state index contributed by atoms with van der Waals surface area (Å²) in [4.78, 5) is 21.8. The number of hydrogen-bond donors (Lipinski definition) is 0. The molecular formula is C45H46ClN7O4S. The first kappa shape index (κ1) is 38.2. The molecule has 298 valence electrons. The topological polar surface area (TPSA) is 101 Å². The molecule has 58 heavy (non-hydrogen) atoms. The minimum atomic E-state index is -0.385. The molecule has 9 rings (SSSR count). The van der Waals surface area contributed by atoms with Crippen LogP contribution in [0.25, 0.3) is 32.9 Å². The number of aryl methyl sites for hydroxylation is 4. The molecule has 2 aliphatic rings.